The van der Waals surface area contributed by atoms with Crippen molar-refractivity contribution in [1.82, 2.24) is 0 Å². The van der Waals surface area contributed by atoms with Crippen molar-refractivity contribution in [3.63, 3.8) is 0 Å². The molecule has 132 valence electrons. The Bertz CT molecular complexity index is 813. The average Bonchev–Trinajstić information content (AvgIpc) is 2.91. The van der Waals surface area contributed by atoms with Crippen molar-refractivity contribution in [3.05, 3.63) is 40.3 Å². The summed E-state index contributed by atoms with van der Waals surface area (Å²) in [5.74, 6) is 0.828. The van der Waals surface area contributed by atoms with E-state index in [1.807, 2.05) is 12.1 Å². The molecule has 0 saturated heterocycles. The number of nitrogens with one attached hydrogen (secondary N) is 2. The van der Waals surface area contributed by atoms with E-state index in [0.717, 1.165) is 24.8 Å². The Kier molecular flexibility index (Phi) is 5.08. The van der Waals surface area contributed by atoms with Crippen molar-refractivity contribution in [2.24, 2.45) is 5.92 Å². The van der Waals surface area contributed by atoms with E-state index in [9.17, 15) is 9.59 Å². The topological polar surface area (TPSA) is 67.4 Å². The van der Waals surface area contributed by atoms with Crippen molar-refractivity contribution in [2.45, 2.75) is 33.1 Å². The number of carbonyl (C=O) groups excluding carboxylic acids is 2. The van der Waals surface area contributed by atoms with Gasteiger partial charge in [-0.05, 0) is 42.9 Å². The number of benzene rings is 1. The maximum absolute atomic E-state index is 13.0. The summed E-state index contributed by atoms with van der Waals surface area (Å²) < 4.78 is 5.30. The normalized spacial score (nSPS) is 16.0. The molecule has 3 rings (SSSR count). The fraction of sp³-hybridized carbons (Fsp3) is 0.368. The molecule has 1 aromatic carbocycles. The molecule has 1 atom stereocenters. The monoisotopic (exact) mass is 358 g/mol. The molecule has 25 heavy (non-hydrogen) atoms. The van der Waals surface area contributed by atoms with Gasteiger partial charge < -0.3 is 15.4 Å². The first-order valence-corrected chi connectivity index (χ1v) is 9.17. The number of methoxy groups -OCH3 is 1. The number of carbonyl (C=O) groups is 2. The number of hydrogen-bond donors (Lipinski definition) is 2. The highest BCUT2D eigenvalue weighted by atomic mass is 32.1. The van der Waals surface area contributed by atoms with Crippen LogP contribution in [0.15, 0.2) is 24.3 Å². The zero-order chi connectivity index (χ0) is 18.0. The second-order valence-corrected chi connectivity index (χ2v) is 7.50. The number of rotatable bonds is 4. The van der Waals surface area contributed by atoms with Crippen molar-refractivity contribution >= 4 is 33.8 Å². The molecule has 2 aromatic rings. The average molecular weight is 358 g/mol. The van der Waals surface area contributed by atoms with Crippen LogP contribution in [0.1, 0.15) is 41.1 Å². The van der Waals surface area contributed by atoms with Crippen LogP contribution in [0.3, 0.4) is 0 Å². The summed E-state index contributed by atoms with van der Waals surface area (Å²) in [7, 11) is 1.57. The third kappa shape index (κ3) is 3.69. The second kappa shape index (κ2) is 7.27. The van der Waals surface area contributed by atoms with Crippen LogP contribution in [0.2, 0.25) is 0 Å². The van der Waals surface area contributed by atoms with Gasteiger partial charge in [0.25, 0.3) is 5.91 Å². The Labute approximate surface area is 151 Å². The second-order valence-electron chi connectivity index (χ2n) is 6.39. The molecule has 5 nitrogen and oxygen atoms in total. The van der Waals surface area contributed by atoms with Gasteiger partial charge in [0.05, 0.1) is 18.4 Å². The van der Waals surface area contributed by atoms with Crippen molar-refractivity contribution in [1.29, 1.82) is 0 Å². The standard InChI is InChI=1S/C19H22N2O3S/c1-11-8-9-13-16(10-11)25-19(20-12(2)22)17(13)18(23)21-14-6-4-5-7-15(14)24-3/h4-7,11H,8-10H2,1-3H3,(H,20,22)(H,21,23). The van der Waals surface area contributed by atoms with Gasteiger partial charge in [0, 0.05) is 11.8 Å². The van der Waals surface area contributed by atoms with Crippen LogP contribution >= 0.6 is 11.3 Å². The van der Waals surface area contributed by atoms with Crippen LogP contribution < -0.4 is 15.4 Å². The molecule has 0 saturated carbocycles. The Morgan fingerprint density at radius 2 is 2.00 bits per heavy atom. The van der Waals surface area contributed by atoms with E-state index in [0.29, 0.717) is 27.9 Å². The Morgan fingerprint density at radius 3 is 2.72 bits per heavy atom. The molecule has 1 aliphatic rings. The molecule has 0 spiro atoms. The number of anilines is 2. The number of fused-ring (bicyclic) bond motifs is 1. The molecule has 1 heterocycles. The minimum Gasteiger partial charge on any atom is -0.495 e. The van der Waals surface area contributed by atoms with E-state index in [1.54, 1.807) is 19.2 Å². The fourth-order valence-electron chi connectivity index (χ4n) is 3.17. The largest absolute Gasteiger partial charge is 0.495 e. The minimum atomic E-state index is -0.208. The van der Waals surface area contributed by atoms with E-state index in [4.69, 9.17) is 4.74 Å². The van der Waals surface area contributed by atoms with Crippen LogP contribution in [-0.2, 0) is 17.6 Å². The van der Waals surface area contributed by atoms with Gasteiger partial charge >= 0.3 is 0 Å². The van der Waals surface area contributed by atoms with Gasteiger partial charge in [0.15, 0.2) is 0 Å². The summed E-state index contributed by atoms with van der Waals surface area (Å²) in [5.41, 5.74) is 2.28. The van der Waals surface area contributed by atoms with Crippen molar-refractivity contribution < 1.29 is 14.3 Å². The SMILES string of the molecule is COc1ccccc1NC(=O)c1c(NC(C)=O)sc2c1CCC(C)C2. The van der Waals surface area contributed by atoms with E-state index in [2.05, 4.69) is 17.6 Å². The molecule has 2 N–H and O–H groups in total. The lowest BCUT2D eigenvalue weighted by Gasteiger charge is -2.19. The third-order valence-corrected chi connectivity index (χ3v) is 5.55. The summed E-state index contributed by atoms with van der Waals surface area (Å²) in [6.07, 6.45) is 2.87. The van der Waals surface area contributed by atoms with Crippen molar-refractivity contribution in [2.75, 3.05) is 17.7 Å². The molecule has 6 heteroatoms. The molecule has 0 radical (unpaired) electrons. The number of thiophene rings is 1. The minimum absolute atomic E-state index is 0.169. The molecule has 1 unspecified atom stereocenters. The highest BCUT2D eigenvalue weighted by Gasteiger charge is 2.28. The number of hydrogen-bond acceptors (Lipinski definition) is 4. The van der Waals surface area contributed by atoms with Crippen LogP contribution in [-0.4, -0.2) is 18.9 Å². The van der Waals surface area contributed by atoms with Crippen LogP contribution in [0.25, 0.3) is 0 Å². The molecule has 1 aliphatic carbocycles. The summed E-state index contributed by atoms with van der Waals surface area (Å²) in [4.78, 5) is 25.8. The highest BCUT2D eigenvalue weighted by Crippen LogP contribution is 2.40. The lowest BCUT2D eigenvalue weighted by Crippen LogP contribution is -2.19. The van der Waals surface area contributed by atoms with E-state index >= 15 is 0 Å². The summed E-state index contributed by atoms with van der Waals surface area (Å²) in [6.45, 7) is 3.68. The van der Waals surface area contributed by atoms with Gasteiger partial charge in [-0.1, -0.05) is 19.1 Å². The molecule has 0 aliphatic heterocycles. The lowest BCUT2D eigenvalue weighted by atomic mass is 9.88. The predicted octanol–water partition coefficient (Wildman–Crippen LogP) is 4.09. The highest BCUT2D eigenvalue weighted by molar-refractivity contribution is 7.17. The lowest BCUT2D eigenvalue weighted by molar-refractivity contribution is -0.114. The molecular formula is C19H22N2O3S. The van der Waals surface area contributed by atoms with Crippen LogP contribution in [0.5, 0.6) is 5.75 Å². The molecule has 2 amide bonds. The number of para-hydroxylation sites is 2. The first-order chi connectivity index (χ1) is 12.0. The van der Waals surface area contributed by atoms with Gasteiger partial charge in [0.1, 0.15) is 10.8 Å². The number of amides is 2. The predicted molar refractivity (Wildman–Crippen MR) is 101 cm³/mol. The first kappa shape index (κ1) is 17.5. The first-order valence-electron chi connectivity index (χ1n) is 8.36. The van der Waals surface area contributed by atoms with Gasteiger partial charge in [0.2, 0.25) is 5.91 Å². The summed E-state index contributed by atoms with van der Waals surface area (Å²) in [5, 5.41) is 6.40. The maximum atomic E-state index is 13.0. The third-order valence-electron chi connectivity index (χ3n) is 4.38. The molecule has 0 fully saturated rings. The molecule has 0 bridgehead atoms. The summed E-state index contributed by atoms with van der Waals surface area (Å²) >= 11 is 1.52. The molecular weight excluding hydrogens is 336 g/mol. The fourth-order valence-corrected chi connectivity index (χ4v) is 4.63. The maximum Gasteiger partial charge on any atom is 0.259 e. The molecule has 1 aromatic heterocycles. The zero-order valence-electron chi connectivity index (χ0n) is 14.6. The Balaban J connectivity index is 1.97. The Morgan fingerprint density at radius 1 is 1.24 bits per heavy atom. The summed E-state index contributed by atoms with van der Waals surface area (Å²) in [6, 6.07) is 7.30. The number of ether oxygens (including phenoxy) is 1. The van der Waals surface area contributed by atoms with Crippen molar-refractivity contribution in [3.8, 4) is 5.75 Å². The van der Waals surface area contributed by atoms with Gasteiger partial charge in [-0.25, -0.2) is 0 Å². The van der Waals surface area contributed by atoms with E-state index in [1.165, 1.54) is 23.1 Å². The van der Waals surface area contributed by atoms with E-state index < -0.39 is 0 Å². The quantitative estimate of drug-likeness (QED) is 0.865. The van der Waals surface area contributed by atoms with Crippen LogP contribution in [0.4, 0.5) is 10.7 Å². The van der Waals surface area contributed by atoms with E-state index in [-0.39, 0.29) is 11.8 Å². The van der Waals surface area contributed by atoms with Gasteiger partial charge in [-0.3, -0.25) is 9.59 Å². The Hall–Kier alpha value is -2.34. The smallest absolute Gasteiger partial charge is 0.259 e. The van der Waals surface area contributed by atoms with Gasteiger partial charge in [-0.15, -0.1) is 11.3 Å². The zero-order valence-corrected chi connectivity index (χ0v) is 15.5. The van der Waals surface area contributed by atoms with Gasteiger partial charge in [-0.2, -0.15) is 0 Å². The van der Waals surface area contributed by atoms with Crippen LogP contribution in [0, 0.1) is 5.92 Å².